The quantitative estimate of drug-likeness (QED) is 0.880. The van der Waals surface area contributed by atoms with Crippen molar-refractivity contribution in [2.45, 2.75) is 63.6 Å². The second-order valence-electron chi connectivity index (χ2n) is 6.79. The zero-order chi connectivity index (χ0) is 14.7. The highest BCUT2D eigenvalue weighted by Crippen LogP contribution is 2.40. The van der Waals surface area contributed by atoms with E-state index < -0.39 is 0 Å². The minimum Gasteiger partial charge on any atom is -0.312 e. The molecule has 0 bridgehead atoms. The molecule has 1 aliphatic heterocycles. The van der Waals surface area contributed by atoms with Gasteiger partial charge in [0.1, 0.15) is 0 Å². The van der Waals surface area contributed by atoms with Crippen LogP contribution in [0.4, 0.5) is 0 Å². The summed E-state index contributed by atoms with van der Waals surface area (Å²) < 4.78 is 0. The molecule has 116 valence electrons. The van der Waals surface area contributed by atoms with Crippen LogP contribution in [-0.4, -0.2) is 30.6 Å². The number of piperidine rings is 1. The van der Waals surface area contributed by atoms with E-state index >= 15 is 0 Å². The maximum absolute atomic E-state index is 3.60. The molecule has 1 aliphatic carbocycles. The Kier molecular flexibility index (Phi) is 4.97. The van der Waals surface area contributed by atoms with Gasteiger partial charge in [-0.25, -0.2) is 0 Å². The van der Waals surface area contributed by atoms with Gasteiger partial charge in [-0.05, 0) is 57.2 Å². The summed E-state index contributed by atoms with van der Waals surface area (Å²) in [6, 6.07) is 12.9. The second kappa shape index (κ2) is 6.93. The van der Waals surface area contributed by atoms with Gasteiger partial charge in [0.25, 0.3) is 0 Å². The molecule has 2 heteroatoms. The van der Waals surface area contributed by atoms with Gasteiger partial charge in [-0.1, -0.05) is 43.7 Å². The molecule has 1 heterocycles. The molecule has 0 amide bonds. The molecule has 4 atom stereocenters. The number of hydrogen-bond donors (Lipinski definition) is 1. The molecule has 1 aromatic rings. The van der Waals surface area contributed by atoms with Crippen LogP contribution in [0.1, 0.15) is 57.1 Å². The molecule has 21 heavy (non-hydrogen) atoms. The predicted octanol–water partition coefficient (Wildman–Crippen LogP) is 3.99. The Morgan fingerprint density at radius 1 is 1.14 bits per heavy atom. The summed E-state index contributed by atoms with van der Waals surface area (Å²) in [5, 5.41) is 3.60. The number of hydrogen-bond acceptors (Lipinski definition) is 2. The first-order chi connectivity index (χ1) is 10.3. The van der Waals surface area contributed by atoms with E-state index in [2.05, 4.69) is 54.5 Å². The molecule has 2 fully saturated rings. The van der Waals surface area contributed by atoms with Crippen molar-refractivity contribution in [2.24, 2.45) is 5.92 Å². The Bertz CT molecular complexity index is 430. The van der Waals surface area contributed by atoms with E-state index in [1.807, 2.05) is 0 Å². The summed E-state index contributed by atoms with van der Waals surface area (Å²) in [4.78, 5) is 2.86. The molecule has 0 radical (unpaired) electrons. The van der Waals surface area contributed by atoms with Crippen LogP contribution in [0.15, 0.2) is 30.3 Å². The number of rotatable bonds is 5. The normalized spacial score (nSPS) is 29.0. The van der Waals surface area contributed by atoms with Crippen LogP contribution in [0.5, 0.6) is 0 Å². The van der Waals surface area contributed by atoms with Gasteiger partial charge in [0.15, 0.2) is 0 Å². The van der Waals surface area contributed by atoms with Gasteiger partial charge in [-0.3, -0.25) is 4.90 Å². The van der Waals surface area contributed by atoms with Crippen molar-refractivity contribution in [3.63, 3.8) is 0 Å². The van der Waals surface area contributed by atoms with E-state index in [-0.39, 0.29) is 0 Å². The molecule has 4 unspecified atom stereocenters. The van der Waals surface area contributed by atoms with Gasteiger partial charge in [0, 0.05) is 18.1 Å². The molecule has 1 saturated carbocycles. The molecule has 2 nitrogen and oxygen atoms in total. The van der Waals surface area contributed by atoms with Gasteiger partial charge in [-0.2, -0.15) is 0 Å². The van der Waals surface area contributed by atoms with Crippen molar-refractivity contribution >= 4 is 0 Å². The van der Waals surface area contributed by atoms with Gasteiger partial charge in [-0.15, -0.1) is 0 Å². The number of fused-ring (bicyclic) bond motifs is 1. The maximum atomic E-state index is 3.60. The SMILES string of the molecule is CCC(C(NC)c1ccccc1)N1CCCC2CCCC21. The first kappa shape index (κ1) is 15.1. The van der Waals surface area contributed by atoms with Crippen LogP contribution < -0.4 is 5.32 Å². The summed E-state index contributed by atoms with van der Waals surface area (Å²) >= 11 is 0. The minimum atomic E-state index is 0.454. The molecule has 1 N–H and O–H groups in total. The fraction of sp³-hybridized carbons (Fsp3) is 0.684. The summed E-state index contributed by atoms with van der Waals surface area (Å²) in [5.74, 6) is 0.973. The van der Waals surface area contributed by atoms with E-state index in [1.54, 1.807) is 0 Å². The van der Waals surface area contributed by atoms with E-state index in [0.29, 0.717) is 12.1 Å². The van der Waals surface area contributed by atoms with Gasteiger partial charge < -0.3 is 5.32 Å². The van der Waals surface area contributed by atoms with Crippen molar-refractivity contribution in [2.75, 3.05) is 13.6 Å². The lowest BCUT2D eigenvalue weighted by Gasteiger charge is -2.45. The van der Waals surface area contributed by atoms with Crippen molar-refractivity contribution in [1.29, 1.82) is 0 Å². The fourth-order valence-electron chi connectivity index (χ4n) is 4.81. The largest absolute Gasteiger partial charge is 0.312 e. The Morgan fingerprint density at radius 2 is 1.90 bits per heavy atom. The lowest BCUT2D eigenvalue weighted by atomic mass is 9.87. The van der Waals surface area contributed by atoms with Crippen LogP contribution in [0.2, 0.25) is 0 Å². The fourth-order valence-corrected chi connectivity index (χ4v) is 4.81. The monoisotopic (exact) mass is 286 g/mol. The number of benzene rings is 1. The number of nitrogens with zero attached hydrogens (tertiary/aromatic N) is 1. The lowest BCUT2D eigenvalue weighted by molar-refractivity contribution is 0.0476. The third-order valence-corrected chi connectivity index (χ3v) is 5.73. The zero-order valence-electron chi connectivity index (χ0n) is 13.6. The smallest absolute Gasteiger partial charge is 0.0475 e. The van der Waals surface area contributed by atoms with E-state index in [9.17, 15) is 0 Å². The third-order valence-electron chi connectivity index (χ3n) is 5.73. The molecule has 3 rings (SSSR count). The minimum absolute atomic E-state index is 0.454. The number of likely N-dealkylation sites (N-methyl/N-ethyl adjacent to an activating group) is 1. The first-order valence-electron chi connectivity index (χ1n) is 8.83. The average molecular weight is 286 g/mol. The molecular formula is C19H30N2. The predicted molar refractivity (Wildman–Crippen MR) is 89.4 cm³/mol. The highest BCUT2D eigenvalue weighted by Gasteiger charge is 2.39. The highest BCUT2D eigenvalue weighted by molar-refractivity contribution is 5.21. The summed E-state index contributed by atoms with van der Waals surface area (Å²) in [5.41, 5.74) is 1.44. The Balaban J connectivity index is 1.82. The van der Waals surface area contributed by atoms with Crippen LogP contribution in [0.25, 0.3) is 0 Å². The van der Waals surface area contributed by atoms with E-state index in [4.69, 9.17) is 0 Å². The number of likely N-dealkylation sites (tertiary alicyclic amines) is 1. The Hall–Kier alpha value is -0.860. The first-order valence-corrected chi connectivity index (χ1v) is 8.83. The standard InChI is InChI=1S/C19H30N2/c1-3-17(19(20-2)16-9-5-4-6-10-16)21-14-8-12-15-11-7-13-18(15)21/h4-6,9-10,15,17-20H,3,7-8,11-14H2,1-2H3. The zero-order valence-corrected chi connectivity index (χ0v) is 13.6. The number of nitrogens with one attached hydrogen (secondary N) is 1. The van der Waals surface area contributed by atoms with Crippen LogP contribution in [0.3, 0.4) is 0 Å². The Morgan fingerprint density at radius 3 is 2.62 bits per heavy atom. The van der Waals surface area contributed by atoms with Gasteiger partial charge in [0.05, 0.1) is 0 Å². The molecule has 0 aromatic heterocycles. The van der Waals surface area contributed by atoms with Gasteiger partial charge in [0.2, 0.25) is 0 Å². The molecule has 1 aromatic carbocycles. The van der Waals surface area contributed by atoms with Crippen LogP contribution >= 0.6 is 0 Å². The summed E-state index contributed by atoms with van der Waals surface area (Å²) in [7, 11) is 2.12. The van der Waals surface area contributed by atoms with Crippen molar-refractivity contribution in [3.8, 4) is 0 Å². The van der Waals surface area contributed by atoms with Crippen LogP contribution in [0, 0.1) is 5.92 Å². The van der Waals surface area contributed by atoms with E-state index in [0.717, 1.165) is 12.0 Å². The maximum Gasteiger partial charge on any atom is 0.0475 e. The molecule has 1 saturated heterocycles. The van der Waals surface area contributed by atoms with Crippen molar-refractivity contribution in [1.82, 2.24) is 10.2 Å². The molecule has 2 aliphatic rings. The second-order valence-corrected chi connectivity index (χ2v) is 6.79. The van der Waals surface area contributed by atoms with Gasteiger partial charge >= 0.3 is 0 Å². The lowest BCUT2D eigenvalue weighted by Crippen LogP contribution is -2.52. The Labute approximate surface area is 129 Å². The summed E-state index contributed by atoms with van der Waals surface area (Å²) in [6.45, 7) is 3.65. The van der Waals surface area contributed by atoms with Crippen LogP contribution in [-0.2, 0) is 0 Å². The molecular weight excluding hydrogens is 256 g/mol. The average Bonchev–Trinajstić information content (AvgIpc) is 3.02. The highest BCUT2D eigenvalue weighted by atomic mass is 15.2. The summed E-state index contributed by atoms with van der Waals surface area (Å²) in [6.07, 6.45) is 8.41. The van der Waals surface area contributed by atoms with Crippen molar-refractivity contribution < 1.29 is 0 Å². The topological polar surface area (TPSA) is 15.3 Å². The van der Waals surface area contributed by atoms with E-state index in [1.165, 1.54) is 50.6 Å². The van der Waals surface area contributed by atoms with Crippen molar-refractivity contribution in [3.05, 3.63) is 35.9 Å². The molecule has 0 spiro atoms. The third kappa shape index (κ3) is 3.02.